The molecule has 2 aromatic rings. The number of aryl methyl sites for hydroxylation is 1. The first-order valence-corrected chi connectivity index (χ1v) is 8.82. The van der Waals surface area contributed by atoms with E-state index in [1.54, 1.807) is 0 Å². The van der Waals surface area contributed by atoms with Crippen LogP contribution in [0.5, 0.6) is 0 Å². The molecule has 1 saturated heterocycles. The fraction of sp³-hybridized carbons (Fsp3) is 0.500. The van der Waals surface area contributed by atoms with Crippen molar-refractivity contribution < 1.29 is 14.7 Å². The van der Waals surface area contributed by atoms with Gasteiger partial charge in [0.1, 0.15) is 12.6 Å². The molecule has 0 bridgehead atoms. The number of aliphatic hydroxyl groups is 1. The topological polar surface area (TPSA) is 87.5 Å². The summed E-state index contributed by atoms with van der Waals surface area (Å²) in [4.78, 5) is 30.5. The molecule has 2 N–H and O–H groups in total. The summed E-state index contributed by atoms with van der Waals surface area (Å²) in [6, 6.07) is 7.74. The maximum atomic E-state index is 12.4. The molecule has 1 aliphatic heterocycles. The molecule has 3 rings (SSSR count). The van der Waals surface area contributed by atoms with E-state index in [0.717, 1.165) is 36.8 Å². The van der Waals surface area contributed by atoms with Crippen LogP contribution in [-0.4, -0.2) is 50.6 Å². The first-order chi connectivity index (χ1) is 12.1. The number of nitrogens with one attached hydrogen (secondary N) is 1. The second kappa shape index (κ2) is 7.65. The Hall–Kier alpha value is -2.41. The van der Waals surface area contributed by atoms with Crippen LogP contribution in [-0.2, 0) is 16.1 Å². The summed E-state index contributed by atoms with van der Waals surface area (Å²) in [5.74, 6) is -0.166. The molecule has 134 valence electrons. The van der Waals surface area contributed by atoms with Crippen LogP contribution in [0.25, 0.3) is 11.0 Å². The van der Waals surface area contributed by atoms with Crippen LogP contribution in [0.3, 0.4) is 0 Å². The average Bonchev–Trinajstić information content (AvgIpc) is 2.86. The Labute approximate surface area is 146 Å². The van der Waals surface area contributed by atoms with Gasteiger partial charge in [0.05, 0.1) is 11.0 Å². The van der Waals surface area contributed by atoms with Gasteiger partial charge in [0, 0.05) is 13.1 Å². The fourth-order valence-electron chi connectivity index (χ4n) is 3.20. The predicted molar refractivity (Wildman–Crippen MR) is 95.1 cm³/mol. The number of aromatic nitrogens is 2. The highest BCUT2D eigenvalue weighted by molar-refractivity contribution is 5.95. The van der Waals surface area contributed by atoms with Crippen LogP contribution in [0, 0.1) is 0 Å². The van der Waals surface area contributed by atoms with E-state index in [0.29, 0.717) is 18.9 Å². The van der Waals surface area contributed by atoms with Crippen LogP contribution < -0.4 is 5.32 Å². The van der Waals surface area contributed by atoms with Gasteiger partial charge in [-0.1, -0.05) is 19.1 Å². The molecule has 2 heterocycles. The average molecular weight is 344 g/mol. The summed E-state index contributed by atoms with van der Waals surface area (Å²) in [6.45, 7) is 3.25. The van der Waals surface area contributed by atoms with Crippen LogP contribution in [0.15, 0.2) is 24.3 Å². The molecule has 0 aliphatic carbocycles. The molecule has 1 aliphatic rings. The van der Waals surface area contributed by atoms with E-state index in [-0.39, 0.29) is 18.4 Å². The highest BCUT2D eigenvalue weighted by atomic mass is 16.3. The van der Waals surface area contributed by atoms with Crippen LogP contribution in [0.4, 0.5) is 5.95 Å². The monoisotopic (exact) mass is 344 g/mol. The van der Waals surface area contributed by atoms with Crippen molar-refractivity contribution in [3.05, 3.63) is 24.3 Å². The summed E-state index contributed by atoms with van der Waals surface area (Å²) >= 11 is 0. The molecule has 0 spiro atoms. The molecule has 1 aromatic carbocycles. The van der Waals surface area contributed by atoms with Crippen LogP contribution in [0.1, 0.15) is 32.6 Å². The zero-order valence-electron chi connectivity index (χ0n) is 14.4. The normalized spacial score (nSPS) is 18.4. The van der Waals surface area contributed by atoms with Gasteiger partial charge in [0.15, 0.2) is 0 Å². The van der Waals surface area contributed by atoms with Gasteiger partial charge in [0.25, 0.3) is 5.91 Å². The molecule has 7 heteroatoms. The molecule has 2 amide bonds. The Balaban J connectivity index is 1.75. The SMILES string of the molecule is CCCn1c(NC(=O)CN2CCCCC(O)C2=O)nc2ccccc21. The number of nitrogens with zero attached hydrogens (tertiary/aromatic N) is 3. The molecule has 0 saturated carbocycles. The number of para-hydroxylation sites is 2. The molecule has 25 heavy (non-hydrogen) atoms. The number of anilines is 1. The number of hydrogen-bond acceptors (Lipinski definition) is 4. The van der Waals surface area contributed by atoms with Crippen molar-refractivity contribution in [2.45, 2.75) is 45.3 Å². The fourth-order valence-corrected chi connectivity index (χ4v) is 3.20. The summed E-state index contributed by atoms with van der Waals surface area (Å²) in [7, 11) is 0. The lowest BCUT2D eigenvalue weighted by molar-refractivity contribution is -0.141. The number of carbonyl (C=O) groups is 2. The van der Waals surface area contributed by atoms with Gasteiger partial charge in [-0.15, -0.1) is 0 Å². The van der Waals surface area contributed by atoms with Gasteiger partial charge < -0.3 is 14.6 Å². The van der Waals surface area contributed by atoms with Gasteiger partial charge in [-0.05, 0) is 37.8 Å². The predicted octanol–water partition coefficient (Wildman–Crippen LogP) is 1.76. The molecule has 1 atom stereocenters. The third-order valence-corrected chi connectivity index (χ3v) is 4.44. The number of carbonyl (C=O) groups excluding carboxylic acids is 2. The maximum Gasteiger partial charge on any atom is 0.251 e. The van der Waals surface area contributed by atoms with Gasteiger partial charge >= 0.3 is 0 Å². The number of fused-ring (bicyclic) bond motifs is 1. The minimum Gasteiger partial charge on any atom is -0.383 e. The molecule has 7 nitrogen and oxygen atoms in total. The Morgan fingerprint density at radius 2 is 2.16 bits per heavy atom. The number of imidazole rings is 1. The number of aliphatic hydroxyl groups excluding tert-OH is 1. The van der Waals surface area contributed by atoms with E-state index in [1.807, 2.05) is 28.8 Å². The van der Waals surface area contributed by atoms with Crippen molar-refractivity contribution in [3.8, 4) is 0 Å². The van der Waals surface area contributed by atoms with E-state index in [1.165, 1.54) is 4.90 Å². The van der Waals surface area contributed by atoms with Gasteiger partial charge in [-0.2, -0.15) is 0 Å². The Morgan fingerprint density at radius 1 is 1.36 bits per heavy atom. The summed E-state index contributed by atoms with van der Waals surface area (Å²) < 4.78 is 1.98. The van der Waals surface area contributed by atoms with Crippen molar-refractivity contribution in [2.24, 2.45) is 0 Å². The molecule has 1 aromatic heterocycles. The molecule has 1 fully saturated rings. The Kier molecular flexibility index (Phi) is 5.33. The lowest BCUT2D eigenvalue weighted by Crippen LogP contribution is -2.42. The first kappa shape index (κ1) is 17.4. The van der Waals surface area contributed by atoms with E-state index in [2.05, 4.69) is 17.2 Å². The molecular formula is C18H24N4O3. The second-order valence-corrected chi connectivity index (χ2v) is 6.40. The zero-order chi connectivity index (χ0) is 17.8. The zero-order valence-corrected chi connectivity index (χ0v) is 14.4. The standard InChI is InChI=1S/C18H24N4O3/c1-2-10-22-14-8-4-3-7-13(14)19-18(22)20-16(24)12-21-11-6-5-9-15(23)17(21)25/h3-4,7-8,15,23H,2,5-6,9-12H2,1H3,(H,19,20,24). The molecular weight excluding hydrogens is 320 g/mol. The van der Waals surface area contributed by atoms with E-state index < -0.39 is 6.10 Å². The number of amides is 2. The van der Waals surface area contributed by atoms with Crippen molar-refractivity contribution in [3.63, 3.8) is 0 Å². The third kappa shape index (κ3) is 3.82. The number of likely N-dealkylation sites (tertiary alicyclic amines) is 1. The van der Waals surface area contributed by atoms with Crippen molar-refractivity contribution in [2.75, 3.05) is 18.4 Å². The maximum absolute atomic E-state index is 12.4. The Morgan fingerprint density at radius 3 is 2.96 bits per heavy atom. The Bertz CT molecular complexity index is 771. The highest BCUT2D eigenvalue weighted by Crippen LogP contribution is 2.20. The van der Waals surface area contributed by atoms with Crippen molar-refractivity contribution in [1.29, 1.82) is 0 Å². The number of hydrogen-bond donors (Lipinski definition) is 2. The molecule has 1 unspecified atom stereocenters. The quantitative estimate of drug-likeness (QED) is 0.865. The number of benzene rings is 1. The van der Waals surface area contributed by atoms with E-state index >= 15 is 0 Å². The van der Waals surface area contributed by atoms with Gasteiger partial charge in [-0.3, -0.25) is 14.9 Å². The lowest BCUT2D eigenvalue weighted by atomic mass is 10.2. The van der Waals surface area contributed by atoms with Crippen molar-refractivity contribution in [1.82, 2.24) is 14.5 Å². The summed E-state index contributed by atoms with van der Waals surface area (Å²) in [5, 5.41) is 12.6. The smallest absolute Gasteiger partial charge is 0.251 e. The third-order valence-electron chi connectivity index (χ3n) is 4.44. The lowest BCUT2D eigenvalue weighted by Gasteiger charge is -2.21. The van der Waals surface area contributed by atoms with Crippen LogP contribution in [0.2, 0.25) is 0 Å². The second-order valence-electron chi connectivity index (χ2n) is 6.40. The number of rotatable bonds is 5. The largest absolute Gasteiger partial charge is 0.383 e. The van der Waals surface area contributed by atoms with Crippen LogP contribution >= 0.6 is 0 Å². The van der Waals surface area contributed by atoms with Gasteiger partial charge in [-0.25, -0.2) is 4.98 Å². The minimum absolute atomic E-state index is 0.0643. The van der Waals surface area contributed by atoms with E-state index in [4.69, 9.17) is 0 Å². The minimum atomic E-state index is -1.00. The highest BCUT2D eigenvalue weighted by Gasteiger charge is 2.26. The first-order valence-electron chi connectivity index (χ1n) is 8.82. The molecule has 0 radical (unpaired) electrons. The summed E-state index contributed by atoms with van der Waals surface area (Å²) in [5.41, 5.74) is 1.80. The summed E-state index contributed by atoms with van der Waals surface area (Å²) in [6.07, 6.45) is 1.96. The van der Waals surface area contributed by atoms with Gasteiger partial charge in [0.2, 0.25) is 11.9 Å². The van der Waals surface area contributed by atoms with E-state index in [9.17, 15) is 14.7 Å². The van der Waals surface area contributed by atoms with Crippen molar-refractivity contribution >= 4 is 28.8 Å².